The lowest BCUT2D eigenvalue weighted by Crippen LogP contribution is -2.54. The Kier molecular flexibility index (Phi) is 7.62. The summed E-state index contributed by atoms with van der Waals surface area (Å²) in [6, 6.07) is 8.22. The van der Waals surface area contributed by atoms with Crippen molar-refractivity contribution < 1.29 is 14.6 Å². The fourth-order valence-corrected chi connectivity index (χ4v) is 6.43. The molecule has 1 saturated heterocycles. The van der Waals surface area contributed by atoms with Gasteiger partial charge in [-0.3, -0.25) is 9.88 Å². The number of hydrogen-bond acceptors (Lipinski definition) is 7. The molecule has 2 aromatic rings. The van der Waals surface area contributed by atoms with Crippen molar-refractivity contribution >= 4 is 17.6 Å². The van der Waals surface area contributed by atoms with E-state index in [9.17, 15) is 15.2 Å². The number of amides is 1. The SMILES string of the molecule is CCC/C=C/N(C[C@@H]1C[C@@]2(CCC13CC3)COC(=O)N(c1cnc(C(C)(C)O)cn1)C2)c1cc(C#N)ccc1C. The molecule has 0 radical (unpaired) electrons. The van der Waals surface area contributed by atoms with Crippen molar-refractivity contribution in [2.75, 3.05) is 29.5 Å². The van der Waals surface area contributed by atoms with Gasteiger partial charge in [0.05, 0.1) is 29.7 Å². The van der Waals surface area contributed by atoms with E-state index >= 15 is 0 Å². The van der Waals surface area contributed by atoms with Crippen LogP contribution < -0.4 is 9.80 Å². The summed E-state index contributed by atoms with van der Waals surface area (Å²) in [6.07, 6.45) is 14.8. The number of nitrogens with zero attached hydrogens (tertiary/aromatic N) is 5. The molecule has 2 heterocycles. The van der Waals surface area contributed by atoms with E-state index in [-0.39, 0.29) is 5.41 Å². The summed E-state index contributed by atoms with van der Waals surface area (Å²) in [6.45, 7) is 9.44. The zero-order chi connectivity index (χ0) is 28.5. The Labute approximate surface area is 237 Å². The highest BCUT2D eigenvalue weighted by Crippen LogP contribution is 2.63. The summed E-state index contributed by atoms with van der Waals surface area (Å²) in [5.41, 5.74) is 2.43. The van der Waals surface area contributed by atoms with Crippen molar-refractivity contribution in [2.45, 2.75) is 78.2 Å². The Morgan fingerprint density at radius 2 is 2.02 bits per heavy atom. The number of ether oxygens (including phenoxy) is 1. The number of aliphatic hydroxyl groups is 1. The number of rotatable bonds is 8. The summed E-state index contributed by atoms with van der Waals surface area (Å²) < 4.78 is 5.80. The number of aromatic nitrogens is 2. The third-order valence-electron chi connectivity index (χ3n) is 9.15. The minimum atomic E-state index is -1.10. The lowest BCUT2D eigenvalue weighted by molar-refractivity contribution is 0.000266. The molecule has 0 bridgehead atoms. The number of carbonyl (C=O) groups is 1. The molecule has 3 aliphatic rings. The van der Waals surface area contributed by atoms with Crippen molar-refractivity contribution in [3.63, 3.8) is 0 Å². The zero-order valence-corrected chi connectivity index (χ0v) is 24.2. The molecule has 1 aromatic heterocycles. The quantitative estimate of drug-likeness (QED) is 0.421. The van der Waals surface area contributed by atoms with Crippen LogP contribution in [0.2, 0.25) is 0 Å². The van der Waals surface area contributed by atoms with Gasteiger partial charge in [-0.1, -0.05) is 25.5 Å². The van der Waals surface area contributed by atoms with Gasteiger partial charge in [-0.05, 0) is 88.3 Å². The fraction of sp³-hybridized carbons (Fsp3) is 0.562. The van der Waals surface area contributed by atoms with Crippen LogP contribution in [0.15, 0.2) is 42.9 Å². The third-order valence-corrected chi connectivity index (χ3v) is 9.15. The van der Waals surface area contributed by atoms with Crippen LogP contribution in [0.1, 0.15) is 82.5 Å². The van der Waals surface area contributed by atoms with Crippen LogP contribution in [0, 0.1) is 35.0 Å². The van der Waals surface area contributed by atoms with E-state index in [1.54, 1.807) is 24.9 Å². The van der Waals surface area contributed by atoms with Crippen LogP contribution in [0.5, 0.6) is 0 Å². The minimum absolute atomic E-state index is 0.161. The predicted molar refractivity (Wildman–Crippen MR) is 155 cm³/mol. The molecule has 0 unspecified atom stereocenters. The van der Waals surface area contributed by atoms with Gasteiger partial charge < -0.3 is 14.7 Å². The van der Waals surface area contributed by atoms with E-state index in [2.05, 4.69) is 47.1 Å². The topological polar surface area (TPSA) is 103 Å². The van der Waals surface area contributed by atoms with Crippen LogP contribution >= 0.6 is 0 Å². The van der Waals surface area contributed by atoms with Crippen LogP contribution in [0.4, 0.5) is 16.3 Å². The number of unbranched alkanes of at least 4 members (excludes halogenated alkanes) is 1. The molecular formula is C32H41N5O3. The lowest BCUT2D eigenvalue weighted by atomic mass is 9.63. The highest BCUT2D eigenvalue weighted by atomic mass is 16.6. The number of carbonyl (C=O) groups excluding carboxylic acids is 1. The first-order valence-electron chi connectivity index (χ1n) is 14.5. The number of allylic oxidation sites excluding steroid dienone is 1. The van der Waals surface area contributed by atoms with Gasteiger partial charge in [-0.25, -0.2) is 9.78 Å². The average Bonchev–Trinajstić information content (AvgIpc) is 3.72. The summed E-state index contributed by atoms with van der Waals surface area (Å²) in [5, 5.41) is 19.8. The third kappa shape index (κ3) is 5.71. The maximum absolute atomic E-state index is 12.9. The highest BCUT2D eigenvalue weighted by Gasteiger charge is 2.57. The van der Waals surface area contributed by atoms with Gasteiger partial charge >= 0.3 is 6.09 Å². The molecule has 2 atom stereocenters. The van der Waals surface area contributed by atoms with Crippen LogP contribution in [0.25, 0.3) is 0 Å². The molecule has 2 aliphatic carbocycles. The van der Waals surface area contributed by atoms with Gasteiger partial charge in [0.2, 0.25) is 0 Å². The fourth-order valence-electron chi connectivity index (χ4n) is 6.43. The van der Waals surface area contributed by atoms with Crippen molar-refractivity contribution in [1.82, 2.24) is 9.97 Å². The largest absolute Gasteiger partial charge is 0.448 e. The maximum Gasteiger partial charge on any atom is 0.415 e. The van der Waals surface area contributed by atoms with E-state index in [0.29, 0.717) is 41.6 Å². The van der Waals surface area contributed by atoms with Crippen LogP contribution in [-0.2, 0) is 10.3 Å². The second kappa shape index (κ2) is 10.9. The van der Waals surface area contributed by atoms with Gasteiger partial charge in [0.15, 0.2) is 5.82 Å². The summed E-state index contributed by atoms with van der Waals surface area (Å²) in [4.78, 5) is 25.7. The number of benzene rings is 1. The molecule has 3 fully saturated rings. The Morgan fingerprint density at radius 1 is 1.25 bits per heavy atom. The molecule has 5 rings (SSSR count). The number of hydrogen-bond donors (Lipinski definition) is 1. The van der Waals surface area contributed by atoms with E-state index in [1.807, 2.05) is 18.2 Å². The van der Waals surface area contributed by atoms with Crippen molar-refractivity contribution in [1.29, 1.82) is 5.26 Å². The van der Waals surface area contributed by atoms with Gasteiger partial charge in [0.1, 0.15) is 12.2 Å². The zero-order valence-electron chi connectivity index (χ0n) is 24.2. The summed E-state index contributed by atoms with van der Waals surface area (Å²) in [7, 11) is 0. The molecular weight excluding hydrogens is 502 g/mol. The lowest BCUT2D eigenvalue weighted by Gasteiger charge is -2.49. The Morgan fingerprint density at radius 3 is 2.67 bits per heavy atom. The molecule has 8 nitrogen and oxygen atoms in total. The average molecular weight is 544 g/mol. The van der Waals surface area contributed by atoms with E-state index < -0.39 is 11.7 Å². The van der Waals surface area contributed by atoms with Gasteiger partial charge in [0, 0.05) is 30.4 Å². The molecule has 1 N–H and O–H groups in total. The molecule has 8 heteroatoms. The maximum atomic E-state index is 12.9. The molecule has 1 amide bonds. The van der Waals surface area contributed by atoms with Crippen molar-refractivity contribution in [3.05, 3.63) is 59.7 Å². The number of cyclic esters (lactones) is 1. The van der Waals surface area contributed by atoms with E-state index in [4.69, 9.17) is 4.74 Å². The first-order valence-corrected chi connectivity index (χ1v) is 14.5. The molecule has 2 saturated carbocycles. The van der Waals surface area contributed by atoms with E-state index in [1.165, 1.54) is 19.0 Å². The van der Waals surface area contributed by atoms with Gasteiger partial charge in [0.25, 0.3) is 0 Å². The number of anilines is 2. The van der Waals surface area contributed by atoms with Crippen molar-refractivity contribution in [3.8, 4) is 6.07 Å². The van der Waals surface area contributed by atoms with Crippen molar-refractivity contribution in [2.24, 2.45) is 16.7 Å². The first-order chi connectivity index (χ1) is 19.1. The normalized spacial score (nSPS) is 23.9. The second-order valence-corrected chi connectivity index (χ2v) is 12.7. The molecule has 1 aromatic carbocycles. The minimum Gasteiger partial charge on any atom is -0.448 e. The van der Waals surface area contributed by atoms with Gasteiger partial charge in [-0.2, -0.15) is 5.26 Å². The second-order valence-electron chi connectivity index (χ2n) is 12.7. The number of nitriles is 1. The number of aryl methyl sites for hydroxylation is 1. The van der Waals surface area contributed by atoms with Crippen LogP contribution in [0.3, 0.4) is 0 Å². The predicted octanol–water partition coefficient (Wildman–Crippen LogP) is 6.23. The van der Waals surface area contributed by atoms with Gasteiger partial charge in [-0.15, -0.1) is 0 Å². The Hall–Kier alpha value is -3.44. The Bertz CT molecular complexity index is 1310. The molecule has 2 spiro atoms. The summed E-state index contributed by atoms with van der Waals surface area (Å²) >= 11 is 0. The smallest absolute Gasteiger partial charge is 0.415 e. The standard InChI is InChI=1S/C32H41N5O3/c1-5-6-7-14-36(26-15-24(17-33)9-8-23(26)2)20-25-16-31(10-11-32(25)12-13-32)21-37(29(38)40-22-31)28-19-34-27(18-35-28)30(3,4)39/h7-9,14-15,18-19,25,39H,5-6,10-13,16,20-22H2,1-4H3/b14-7+/t25-,31+/m0/s1. The Balaban J connectivity index is 1.40. The summed E-state index contributed by atoms with van der Waals surface area (Å²) in [5.74, 6) is 0.883. The molecule has 1 aliphatic heterocycles. The molecule has 212 valence electrons. The monoisotopic (exact) mass is 543 g/mol. The van der Waals surface area contributed by atoms with Crippen LogP contribution in [-0.4, -0.2) is 40.9 Å². The molecule has 40 heavy (non-hydrogen) atoms. The van der Waals surface area contributed by atoms with E-state index in [0.717, 1.165) is 49.9 Å². The highest BCUT2D eigenvalue weighted by molar-refractivity contribution is 5.87. The first kappa shape index (κ1) is 28.1.